The van der Waals surface area contributed by atoms with Gasteiger partial charge >= 0.3 is 5.97 Å². The Morgan fingerprint density at radius 2 is 2.29 bits per heavy atom. The minimum atomic E-state index is -0.921. The van der Waals surface area contributed by atoms with E-state index in [2.05, 4.69) is 0 Å². The molecule has 0 radical (unpaired) electrons. The Hall–Kier alpha value is -1.06. The van der Waals surface area contributed by atoms with Crippen molar-refractivity contribution in [3.63, 3.8) is 0 Å². The van der Waals surface area contributed by atoms with E-state index in [1.807, 2.05) is 19.1 Å². The molecular formula is C10H12ClNO2. The van der Waals surface area contributed by atoms with Crippen LogP contribution >= 0.6 is 11.6 Å². The largest absolute Gasteiger partial charge is 0.481 e. The third-order valence-corrected chi connectivity index (χ3v) is 2.53. The fraction of sp³-hybridized carbons (Fsp3) is 0.300. The molecule has 0 saturated heterocycles. The lowest BCUT2D eigenvalue weighted by Gasteiger charge is -2.12. The van der Waals surface area contributed by atoms with Crippen LogP contribution in [0.15, 0.2) is 18.2 Å². The Morgan fingerprint density at radius 1 is 1.64 bits per heavy atom. The van der Waals surface area contributed by atoms with Gasteiger partial charge in [-0.3, -0.25) is 4.79 Å². The molecule has 1 rings (SSSR count). The molecular weight excluding hydrogens is 202 g/mol. The van der Waals surface area contributed by atoms with Crippen LogP contribution in [0.25, 0.3) is 0 Å². The average molecular weight is 214 g/mol. The van der Waals surface area contributed by atoms with Crippen molar-refractivity contribution in [2.45, 2.75) is 19.4 Å². The van der Waals surface area contributed by atoms with Gasteiger partial charge < -0.3 is 10.8 Å². The van der Waals surface area contributed by atoms with Gasteiger partial charge in [0.05, 0.1) is 6.42 Å². The number of benzene rings is 1. The summed E-state index contributed by atoms with van der Waals surface area (Å²) in [6.07, 6.45) is -0.108. The molecule has 0 aliphatic heterocycles. The van der Waals surface area contributed by atoms with Crippen LogP contribution in [0.4, 0.5) is 0 Å². The number of aliphatic carboxylic acids is 1. The molecule has 0 fully saturated rings. The summed E-state index contributed by atoms with van der Waals surface area (Å²) in [5, 5.41) is 9.14. The molecule has 0 aromatic heterocycles. The van der Waals surface area contributed by atoms with Crippen molar-refractivity contribution < 1.29 is 9.90 Å². The summed E-state index contributed by atoms with van der Waals surface area (Å²) >= 11 is 6.00. The van der Waals surface area contributed by atoms with Gasteiger partial charge in [-0.2, -0.15) is 0 Å². The summed E-state index contributed by atoms with van der Waals surface area (Å²) in [7, 11) is 0. The van der Waals surface area contributed by atoms with E-state index in [1.54, 1.807) is 6.07 Å². The van der Waals surface area contributed by atoms with Gasteiger partial charge in [0.1, 0.15) is 0 Å². The van der Waals surface area contributed by atoms with Gasteiger partial charge in [0.25, 0.3) is 0 Å². The molecule has 0 aliphatic rings. The molecule has 14 heavy (non-hydrogen) atoms. The lowest BCUT2D eigenvalue weighted by molar-refractivity contribution is -0.137. The van der Waals surface area contributed by atoms with Crippen molar-refractivity contribution in [1.29, 1.82) is 0 Å². The normalized spacial score (nSPS) is 12.5. The first kappa shape index (κ1) is 11.0. The number of hydrogen-bond acceptors (Lipinski definition) is 2. The Kier molecular flexibility index (Phi) is 3.49. The number of rotatable bonds is 3. The fourth-order valence-corrected chi connectivity index (χ4v) is 1.52. The molecule has 0 amide bonds. The maximum absolute atomic E-state index is 10.5. The predicted octanol–water partition coefficient (Wildman–Crippen LogP) is 2.12. The number of nitrogens with two attached hydrogens (primary N) is 1. The van der Waals surface area contributed by atoms with Crippen LogP contribution in [0.5, 0.6) is 0 Å². The molecule has 4 heteroatoms. The Labute approximate surface area is 87.5 Å². The number of carboxylic acid groups (broad SMARTS) is 1. The maximum atomic E-state index is 10.5. The number of halogens is 1. The third kappa shape index (κ3) is 2.47. The van der Waals surface area contributed by atoms with Crippen LogP contribution in [0.3, 0.4) is 0 Å². The van der Waals surface area contributed by atoms with Crippen LogP contribution in [0.2, 0.25) is 5.02 Å². The van der Waals surface area contributed by atoms with Gasteiger partial charge in [0.15, 0.2) is 0 Å². The molecule has 3 nitrogen and oxygen atoms in total. The molecule has 0 saturated carbocycles. The molecule has 3 N–H and O–H groups in total. The monoisotopic (exact) mass is 213 g/mol. The lowest BCUT2D eigenvalue weighted by Crippen LogP contribution is -2.15. The van der Waals surface area contributed by atoms with Gasteiger partial charge in [-0.25, -0.2) is 0 Å². The summed E-state index contributed by atoms with van der Waals surface area (Å²) in [5.41, 5.74) is 7.30. The van der Waals surface area contributed by atoms with Crippen molar-refractivity contribution in [3.8, 4) is 0 Å². The fourth-order valence-electron chi connectivity index (χ4n) is 1.25. The number of carboxylic acids is 1. The van der Waals surface area contributed by atoms with Crippen molar-refractivity contribution in [1.82, 2.24) is 0 Å². The molecule has 1 atom stereocenters. The minimum Gasteiger partial charge on any atom is -0.481 e. The number of carbonyl (C=O) groups is 1. The van der Waals surface area contributed by atoms with E-state index < -0.39 is 12.0 Å². The quantitative estimate of drug-likeness (QED) is 0.809. The Balaban J connectivity index is 2.95. The molecule has 76 valence electrons. The predicted molar refractivity (Wildman–Crippen MR) is 55.4 cm³/mol. The average Bonchev–Trinajstić information content (AvgIpc) is 2.08. The van der Waals surface area contributed by atoms with Crippen LogP contribution in [0.1, 0.15) is 23.6 Å². The summed E-state index contributed by atoms with van der Waals surface area (Å²) < 4.78 is 0. The van der Waals surface area contributed by atoms with Crippen molar-refractivity contribution in [3.05, 3.63) is 34.3 Å². The first-order chi connectivity index (χ1) is 6.52. The van der Waals surface area contributed by atoms with E-state index in [9.17, 15) is 4.79 Å². The van der Waals surface area contributed by atoms with E-state index in [0.29, 0.717) is 10.6 Å². The van der Waals surface area contributed by atoms with E-state index in [1.165, 1.54) is 0 Å². The molecule has 0 spiro atoms. The summed E-state index contributed by atoms with van der Waals surface area (Å²) in [6.45, 7) is 1.86. The van der Waals surface area contributed by atoms with Gasteiger partial charge in [-0.1, -0.05) is 29.8 Å². The highest BCUT2D eigenvalue weighted by Crippen LogP contribution is 2.26. The lowest BCUT2D eigenvalue weighted by atomic mass is 10.0. The molecule has 1 aromatic carbocycles. The highest BCUT2D eigenvalue weighted by Gasteiger charge is 2.14. The van der Waals surface area contributed by atoms with Crippen molar-refractivity contribution in [2.24, 2.45) is 5.73 Å². The Morgan fingerprint density at radius 3 is 2.86 bits per heavy atom. The van der Waals surface area contributed by atoms with E-state index in [-0.39, 0.29) is 6.42 Å². The van der Waals surface area contributed by atoms with Crippen LogP contribution in [0, 0.1) is 6.92 Å². The van der Waals surface area contributed by atoms with Gasteiger partial charge in [-0.15, -0.1) is 0 Å². The smallest absolute Gasteiger partial charge is 0.305 e. The summed E-state index contributed by atoms with van der Waals surface area (Å²) in [5.74, 6) is -0.921. The van der Waals surface area contributed by atoms with Crippen LogP contribution in [-0.2, 0) is 4.79 Å². The molecule has 0 unspecified atom stereocenters. The zero-order valence-electron chi connectivity index (χ0n) is 7.83. The van der Waals surface area contributed by atoms with E-state index in [4.69, 9.17) is 22.4 Å². The second kappa shape index (κ2) is 4.44. The summed E-state index contributed by atoms with van der Waals surface area (Å²) in [4.78, 5) is 10.5. The molecule has 0 heterocycles. The summed E-state index contributed by atoms with van der Waals surface area (Å²) in [6, 6.07) is 4.89. The first-order valence-electron chi connectivity index (χ1n) is 4.24. The van der Waals surface area contributed by atoms with E-state index >= 15 is 0 Å². The zero-order valence-corrected chi connectivity index (χ0v) is 8.58. The number of aryl methyl sites for hydroxylation is 1. The van der Waals surface area contributed by atoms with Crippen LogP contribution < -0.4 is 5.73 Å². The second-order valence-corrected chi connectivity index (χ2v) is 3.56. The Bertz CT molecular complexity index is 352. The second-order valence-electron chi connectivity index (χ2n) is 3.18. The van der Waals surface area contributed by atoms with Gasteiger partial charge in [0, 0.05) is 11.1 Å². The molecule has 1 aromatic rings. The standard InChI is InChI=1S/C10H12ClNO2/c1-6-3-2-4-7(10(6)11)8(12)5-9(13)14/h2-4,8H,5,12H2,1H3,(H,13,14)/t8-/m0/s1. The first-order valence-corrected chi connectivity index (χ1v) is 4.62. The van der Waals surface area contributed by atoms with Crippen LogP contribution in [-0.4, -0.2) is 11.1 Å². The zero-order chi connectivity index (χ0) is 10.7. The van der Waals surface area contributed by atoms with Gasteiger partial charge in [0.2, 0.25) is 0 Å². The molecule has 0 bridgehead atoms. The highest BCUT2D eigenvalue weighted by atomic mass is 35.5. The third-order valence-electron chi connectivity index (χ3n) is 2.02. The number of hydrogen-bond donors (Lipinski definition) is 2. The van der Waals surface area contributed by atoms with E-state index in [0.717, 1.165) is 5.56 Å². The SMILES string of the molecule is Cc1cccc([C@@H](N)CC(=O)O)c1Cl. The highest BCUT2D eigenvalue weighted by molar-refractivity contribution is 6.32. The van der Waals surface area contributed by atoms with Crippen molar-refractivity contribution >= 4 is 17.6 Å². The van der Waals surface area contributed by atoms with Gasteiger partial charge in [-0.05, 0) is 18.1 Å². The minimum absolute atomic E-state index is 0.108. The molecule has 0 aliphatic carbocycles. The van der Waals surface area contributed by atoms with Crippen molar-refractivity contribution in [2.75, 3.05) is 0 Å². The maximum Gasteiger partial charge on any atom is 0.305 e. The topological polar surface area (TPSA) is 63.3 Å².